The van der Waals surface area contributed by atoms with Gasteiger partial charge in [-0.1, -0.05) is 64.7 Å². The van der Waals surface area contributed by atoms with Crippen molar-refractivity contribution in [3.63, 3.8) is 0 Å². The molecule has 2 unspecified atom stereocenters. The molecule has 0 rings (SSSR count). The van der Waals surface area contributed by atoms with Crippen molar-refractivity contribution in [2.45, 2.75) is 102 Å². The average molecular weight is 323 g/mol. The van der Waals surface area contributed by atoms with Crippen molar-refractivity contribution in [2.24, 2.45) is 0 Å². The molecule has 0 aliphatic heterocycles. The molecular formula is C16H34O4S. The van der Waals surface area contributed by atoms with Gasteiger partial charge in [-0.05, 0) is 26.2 Å². The van der Waals surface area contributed by atoms with Gasteiger partial charge in [0.1, 0.15) is 0 Å². The molecule has 0 fully saturated rings. The van der Waals surface area contributed by atoms with Crippen LogP contribution >= 0.6 is 0 Å². The second-order valence-electron chi connectivity index (χ2n) is 6.17. The molecule has 21 heavy (non-hydrogen) atoms. The van der Waals surface area contributed by atoms with Gasteiger partial charge in [-0.25, -0.2) is 0 Å². The molecule has 0 saturated carbocycles. The third-order valence-corrected chi connectivity index (χ3v) is 5.31. The van der Waals surface area contributed by atoms with Gasteiger partial charge < -0.3 is 5.11 Å². The molecule has 0 aromatic carbocycles. The predicted molar refractivity (Wildman–Crippen MR) is 88.1 cm³/mol. The molecule has 0 radical (unpaired) electrons. The summed E-state index contributed by atoms with van der Waals surface area (Å²) in [5.74, 6) is 0. The van der Waals surface area contributed by atoms with Crippen molar-refractivity contribution in [1.82, 2.24) is 0 Å². The van der Waals surface area contributed by atoms with E-state index >= 15 is 0 Å². The fourth-order valence-corrected chi connectivity index (χ4v) is 2.84. The van der Waals surface area contributed by atoms with Crippen LogP contribution in [-0.2, 0) is 10.1 Å². The van der Waals surface area contributed by atoms with Crippen LogP contribution in [0.5, 0.6) is 0 Å². The molecule has 0 aliphatic rings. The summed E-state index contributed by atoms with van der Waals surface area (Å²) in [6.45, 7) is 3.70. The Balaban J connectivity index is 3.40. The van der Waals surface area contributed by atoms with Crippen molar-refractivity contribution >= 4 is 10.1 Å². The highest BCUT2D eigenvalue weighted by atomic mass is 32.2. The highest BCUT2D eigenvalue weighted by Crippen LogP contribution is 2.15. The molecule has 128 valence electrons. The van der Waals surface area contributed by atoms with Crippen molar-refractivity contribution in [3.05, 3.63) is 0 Å². The quantitative estimate of drug-likeness (QED) is 0.369. The van der Waals surface area contributed by atoms with E-state index in [1.165, 1.54) is 51.9 Å². The summed E-state index contributed by atoms with van der Waals surface area (Å²) in [4.78, 5) is 0. The standard InChI is InChI=1S/C16H34O4S/c1-3-4-5-6-7-8-9-10-11-12-16(17)14-13-15(2)21(18,19)20/h15-17H,3-14H2,1-2H3,(H,18,19,20). The number of aliphatic hydroxyl groups excluding tert-OH is 1. The minimum absolute atomic E-state index is 0.317. The summed E-state index contributed by atoms with van der Waals surface area (Å²) in [5, 5.41) is 9.00. The third-order valence-electron chi connectivity index (χ3n) is 4.06. The molecule has 0 aromatic rings. The van der Waals surface area contributed by atoms with Crippen LogP contribution in [0.15, 0.2) is 0 Å². The first kappa shape index (κ1) is 20.9. The molecule has 0 spiro atoms. The Hall–Kier alpha value is -0.130. The van der Waals surface area contributed by atoms with Gasteiger partial charge in [0, 0.05) is 0 Å². The molecule has 0 aliphatic carbocycles. The number of unbranched alkanes of at least 4 members (excludes halogenated alkanes) is 8. The lowest BCUT2D eigenvalue weighted by Crippen LogP contribution is -2.19. The summed E-state index contributed by atoms with van der Waals surface area (Å²) >= 11 is 0. The van der Waals surface area contributed by atoms with Crippen molar-refractivity contribution in [3.8, 4) is 0 Å². The Morgan fingerprint density at radius 3 is 1.76 bits per heavy atom. The number of hydrogen-bond acceptors (Lipinski definition) is 3. The number of hydrogen-bond donors (Lipinski definition) is 2. The van der Waals surface area contributed by atoms with Crippen LogP contribution in [-0.4, -0.2) is 29.4 Å². The zero-order valence-corrected chi connectivity index (χ0v) is 14.6. The van der Waals surface area contributed by atoms with E-state index in [1.54, 1.807) is 0 Å². The van der Waals surface area contributed by atoms with Gasteiger partial charge in [0.15, 0.2) is 0 Å². The second kappa shape index (κ2) is 12.4. The highest BCUT2D eigenvalue weighted by molar-refractivity contribution is 7.86. The number of aliphatic hydroxyl groups is 1. The molecule has 2 atom stereocenters. The maximum Gasteiger partial charge on any atom is 0.267 e. The Labute approximate surface area is 131 Å². The van der Waals surface area contributed by atoms with E-state index in [2.05, 4.69) is 6.92 Å². The molecule has 5 heteroatoms. The third kappa shape index (κ3) is 13.3. The van der Waals surface area contributed by atoms with Crippen molar-refractivity contribution in [1.29, 1.82) is 0 Å². The summed E-state index contributed by atoms with van der Waals surface area (Å²) < 4.78 is 30.5. The summed E-state index contributed by atoms with van der Waals surface area (Å²) in [6.07, 6.45) is 12.3. The van der Waals surface area contributed by atoms with Crippen LogP contribution in [0.2, 0.25) is 0 Å². The second-order valence-corrected chi connectivity index (χ2v) is 8.01. The Kier molecular flexibility index (Phi) is 12.3. The molecule has 4 nitrogen and oxygen atoms in total. The first-order valence-corrected chi connectivity index (χ1v) is 10.0. The first-order chi connectivity index (χ1) is 9.88. The van der Waals surface area contributed by atoms with Crippen LogP contribution in [0, 0.1) is 0 Å². The molecule has 2 N–H and O–H groups in total. The van der Waals surface area contributed by atoms with Gasteiger partial charge in [0.05, 0.1) is 11.4 Å². The maximum absolute atomic E-state index is 10.8. The van der Waals surface area contributed by atoms with E-state index < -0.39 is 21.5 Å². The monoisotopic (exact) mass is 322 g/mol. The summed E-state index contributed by atoms with van der Waals surface area (Å²) in [5.41, 5.74) is 0. The Morgan fingerprint density at radius 1 is 0.810 bits per heavy atom. The van der Waals surface area contributed by atoms with E-state index in [0.29, 0.717) is 12.8 Å². The van der Waals surface area contributed by atoms with Crippen LogP contribution in [0.25, 0.3) is 0 Å². The van der Waals surface area contributed by atoms with Crippen LogP contribution < -0.4 is 0 Å². The highest BCUT2D eigenvalue weighted by Gasteiger charge is 2.18. The minimum Gasteiger partial charge on any atom is -0.393 e. The summed E-state index contributed by atoms with van der Waals surface area (Å²) in [6, 6.07) is 0. The normalized spacial score (nSPS) is 15.0. The van der Waals surface area contributed by atoms with Gasteiger partial charge in [-0.15, -0.1) is 0 Å². The molecule has 0 bridgehead atoms. The lowest BCUT2D eigenvalue weighted by Gasteiger charge is -2.13. The summed E-state index contributed by atoms with van der Waals surface area (Å²) in [7, 11) is -3.95. The lowest BCUT2D eigenvalue weighted by molar-refractivity contribution is 0.148. The first-order valence-electron chi connectivity index (χ1n) is 8.52. The van der Waals surface area contributed by atoms with E-state index in [9.17, 15) is 13.5 Å². The Bertz CT molecular complexity index is 327. The average Bonchev–Trinajstić information content (AvgIpc) is 2.41. The van der Waals surface area contributed by atoms with E-state index in [-0.39, 0.29) is 0 Å². The zero-order valence-electron chi connectivity index (χ0n) is 13.8. The molecule has 0 aromatic heterocycles. The fraction of sp³-hybridized carbons (Fsp3) is 1.00. The van der Waals surface area contributed by atoms with Crippen molar-refractivity contribution in [2.75, 3.05) is 0 Å². The van der Waals surface area contributed by atoms with Gasteiger partial charge >= 0.3 is 0 Å². The van der Waals surface area contributed by atoms with Gasteiger partial charge in [-0.2, -0.15) is 8.42 Å². The zero-order chi connectivity index (χ0) is 16.1. The molecule has 0 heterocycles. The van der Waals surface area contributed by atoms with Crippen LogP contribution in [0.3, 0.4) is 0 Å². The predicted octanol–water partition coefficient (Wildman–Crippen LogP) is 4.32. The van der Waals surface area contributed by atoms with E-state index in [1.807, 2.05) is 0 Å². The molecular weight excluding hydrogens is 288 g/mol. The smallest absolute Gasteiger partial charge is 0.267 e. The van der Waals surface area contributed by atoms with Gasteiger partial charge in [0.25, 0.3) is 10.1 Å². The number of rotatable bonds is 14. The van der Waals surface area contributed by atoms with Gasteiger partial charge in [-0.3, -0.25) is 4.55 Å². The minimum atomic E-state index is -3.95. The topological polar surface area (TPSA) is 74.6 Å². The van der Waals surface area contributed by atoms with Crippen LogP contribution in [0.1, 0.15) is 90.9 Å². The molecule has 0 amide bonds. The Morgan fingerprint density at radius 2 is 1.29 bits per heavy atom. The SMILES string of the molecule is CCCCCCCCCCCC(O)CCC(C)S(=O)(=O)O. The maximum atomic E-state index is 10.8. The van der Waals surface area contributed by atoms with E-state index in [4.69, 9.17) is 4.55 Å². The van der Waals surface area contributed by atoms with E-state index in [0.717, 1.165) is 19.3 Å². The largest absolute Gasteiger partial charge is 0.393 e. The molecule has 0 saturated heterocycles. The lowest BCUT2D eigenvalue weighted by atomic mass is 10.0. The van der Waals surface area contributed by atoms with Crippen LogP contribution in [0.4, 0.5) is 0 Å². The fourth-order valence-electron chi connectivity index (χ4n) is 2.41. The van der Waals surface area contributed by atoms with Gasteiger partial charge in [0.2, 0.25) is 0 Å². The van der Waals surface area contributed by atoms with Crippen molar-refractivity contribution < 1.29 is 18.1 Å².